The molecule has 1 aliphatic carbocycles. The van der Waals surface area contributed by atoms with Crippen LogP contribution in [0.15, 0.2) is 12.2 Å². The molecule has 0 radical (unpaired) electrons. The molecule has 2 N–H and O–H groups in total. The van der Waals surface area contributed by atoms with Crippen LogP contribution in [0.2, 0.25) is 0 Å². The summed E-state index contributed by atoms with van der Waals surface area (Å²) in [6, 6.07) is -1.45. The normalized spacial score (nSPS) is 31.2. The summed E-state index contributed by atoms with van der Waals surface area (Å²) >= 11 is 0. The molecular formula is C25H39N3O6. The zero-order chi connectivity index (χ0) is 24.9. The summed E-state index contributed by atoms with van der Waals surface area (Å²) in [6.45, 7) is 7.71. The predicted molar refractivity (Wildman–Crippen MR) is 126 cm³/mol. The van der Waals surface area contributed by atoms with Gasteiger partial charge in [-0.3, -0.25) is 9.59 Å². The SMILES string of the molecule is CCOC(=O)[C@@]12C[C@H]1/C=C\CCCCC[C@H](NC(=O)OC(C)(C)C)C(=O)N1CCC[C@H]1C(=O)N2. The van der Waals surface area contributed by atoms with Crippen molar-refractivity contribution in [2.24, 2.45) is 5.92 Å². The number of esters is 1. The van der Waals surface area contributed by atoms with Gasteiger partial charge >= 0.3 is 12.1 Å². The lowest BCUT2D eigenvalue weighted by Crippen LogP contribution is -2.56. The lowest BCUT2D eigenvalue weighted by Gasteiger charge is -2.30. The fourth-order valence-corrected chi connectivity index (χ4v) is 4.77. The van der Waals surface area contributed by atoms with Crippen LogP contribution in [0.25, 0.3) is 0 Å². The summed E-state index contributed by atoms with van der Waals surface area (Å²) in [5.41, 5.74) is -1.74. The van der Waals surface area contributed by atoms with E-state index in [1.54, 1.807) is 32.6 Å². The minimum Gasteiger partial charge on any atom is -0.464 e. The number of ether oxygens (including phenoxy) is 2. The van der Waals surface area contributed by atoms with E-state index < -0.39 is 35.3 Å². The molecule has 4 atom stereocenters. The van der Waals surface area contributed by atoms with Crippen LogP contribution in [-0.2, 0) is 23.9 Å². The fraction of sp³-hybridized carbons (Fsp3) is 0.760. The highest BCUT2D eigenvalue weighted by Crippen LogP contribution is 2.46. The molecule has 9 nitrogen and oxygen atoms in total. The Kier molecular flexibility index (Phi) is 8.25. The average Bonchev–Trinajstić information content (AvgIpc) is 3.21. The van der Waals surface area contributed by atoms with Crippen molar-refractivity contribution in [2.75, 3.05) is 13.2 Å². The highest BCUT2D eigenvalue weighted by molar-refractivity contribution is 5.96. The number of hydrogen-bond acceptors (Lipinski definition) is 6. The van der Waals surface area contributed by atoms with Crippen LogP contribution >= 0.6 is 0 Å². The number of alkyl carbamates (subject to hydrolysis) is 1. The highest BCUT2D eigenvalue weighted by Gasteiger charge is 2.62. The maximum Gasteiger partial charge on any atom is 0.408 e. The number of allylic oxidation sites excluding steroid dienone is 1. The van der Waals surface area contributed by atoms with Crippen LogP contribution in [0.5, 0.6) is 0 Å². The zero-order valence-electron chi connectivity index (χ0n) is 20.9. The second kappa shape index (κ2) is 10.8. The van der Waals surface area contributed by atoms with Crippen molar-refractivity contribution in [2.45, 2.75) is 102 Å². The second-order valence-corrected chi connectivity index (χ2v) is 10.4. The van der Waals surface area contributed by atoms with Gasteiger partial charge in [-0.1, -0.05) is 25.0 Å². The van der Waals surface area contributed by atoms with Gasteiger partial charge in [0, 0.05) is 12.5 Å². The van der Waals surface area contributed by atoms with E-state index in [9.17, 15) is 19.2 Å². The molecular weight excluding hydrogens is 438 g/mol. The van der Waals surface area contributed by atoms with Crippen LogP contribution in [0.1, 0.15) is 79.1 Å². The van der Waals surface area contributed by atoms with E-state index in [-0.39, 0.29) is 24.3 Å². The van der Waals surface area contributed by atoms with E-state index in [1.807, 2.05) is 6.08 Å². The van der Waals surface area contributed by atoms with Gasteiger partial charge in [0.25, 0.3) is 0 Å². The Labute approximate surface area is 202 Å². The Balaban J connectivity index is 1.81. The molecule has 190 valence electrons. The van der Waals surface area contributed by atoms with Crippen molar-refractivity contribution in [1.82, 2.24) is 15.5 Å². The van der Waals surface area contributed by atoms with Crippen LogP contribution in [-0.4, -0.2) is 65.2 Å². The van der Waals surface area contributed by atoms with Gasteiger partial charge in [0.2, 0.25) is 11.8 Å². The molecule has 3 rings (SSSR count). The summed E-state index contributed by atoms with van der Waals surface area (Å²) in [5, 5.41) is 5.66. The van der Waals surface area contributed by atoms with Gasteiger partial charge < -0.3 is 25.0 Å². The lowest BCUT2D eigenvalue weighted by molar-refractivity contribution is -0.150. The van der Waals surface area contributed by atoms with Gasteiger partial charge in [0.15, 0.2) is 0 Å². The van der Waals surface area contributed by atoms with Crippen LogP contribution in [0, 0.1) is 5.92 Å². The first-order valence-electron chi connectivity index (χ1n) is 12.5. The van der Waals surface area contributed by atoms with Crippen LogP contribution < -0.4 is 10.6 Å². The van der Waals surface area contributed by atoms with Crippen LogP contribution in [0.3, 0.4) is 0 Å². The van der Waals surface area contributed by atoms with Gasteiger partial charge in [0.1, 0.15) is 23.2 Å². The Morgan fingerprint density at radius 3 is 2.65 bits per heavy atom. The molecule has 3 aliphatic rings. The molecule has 34 heavy (non-hydrogen) atoms. The molecule has 9 heteroatoms. The van der Waals surface area contributed by atoms with E-state index in [0.29, 0.717) is 32.2 Å². The zero-order valence-corrected chi connectivity index (χ0v) is 20.9. The minimum atomic E-state index is -1.06. The number of nitrogens with zero attached hydrogens (tertiary/aromatic N) is 1. The Morgan fingerprint density at radius 1 is 1.18 bits per heavy atom. The molecule has 2 fully saturated rings. The molecule has 2 aliphatic heterocycles. The molecule has 0 aromatic rings. The molecule has 0 bridgehead atoms. The third-order valence-corrected chi connectivity index (χ3v) is 6.56. The van der Waals surface area contributed by atoms with Gasteiger partial charge in [0.05, 0.1) is 6.61 Å². The Hall–Kier alpha value is -2.58. The van der Waals surface area contributed by atoms with Crippen molar-refractivity contribution >= 4 is 23.9 Å². The molecule has 0 spiro atoms. The third-order valence-electron chi connectivity index (χ3n) is 6.56. The molecule has 1 saturated heterocycles. The molecule has 1 saturated carbocycles. The smallest absolute Gasteiger partial charge is 0.408 e. The third kappa shape index (κ3) is 6.30. The number of carbonyl (C=O) groups is 4. The van der Waals surface area contributed by atoms with E-state index >= 15 is 0 Å². The van der Waals surface area contributed by atoms with Gasteiger partial charge in [-0.2, -0.15) is 0 Å². The molecule has 0 aromatic carbocycles. The maximum atomic E-state index is 13.5. The largest absolute Gasteiger partial charge is 0.464 e. The number of fused-ring (bicyclic) bond motifs is 2. The van der Waals surface area contributed by atoms with Gasteiger partial charge in [-0.25, -0.2) is 9.59 Å². The summed E-state index contributed by atoms with van der Waals surface area (Å²) in [5.74, 6) is -1.16. The molecule has 3 amide bonds. The summed E-state index contributed by atoms with van der Waals surface area (Å²) in [7, 11) is 0. The molecule has 2 heterocycles. The number of nitrogens with one attached hydrogen (secondary N) is 2. The summed E-state index contributed by atoms with van der Waals surface area (Å²) in [4.78, 5) is 53.5. The Morgan fingerprint density at radius 2 is 1.94 bits per heavy atom. The Bertz CT molecular complexity index is 820. The minimum absolute atomic E-state index is 0.104. The van der Waals surface area contributed by atoms with E-state index in [2.05, 4.69) is 16.7 Å². The number of amides is 3. The first-order chi connectivity index (χ1) is 16.1. The molecule has 0 aromatic heterocycles. The fourth-order valence-electron chi connectivity index (χ4n) is 4.77. The van der Waals surface area contributed by atoms with E-state index in [4.69, 9.17) is 9.47 Å². The van der Waals surface area contributed by atoms with Gasteiger partial charge in [-0.15, -0.1) is 0 Å². The quantitative estimate of drug-likeness (QED) is 0.477. The summed E-state index contributed by atoms with van der Waals surface area (Å²) in [6.07, 6.45) is 9.02. The van der Waals surface area contributed by atoms with Crippen molar-refractivity contribution in [3.8, 4) is 0 Å². The first-order valence-corrected chi connectivity index (χ1v) is 12.5. The maximum absolute atomic E-state index is 13.5. The van der Waals surface area contributed by atoms with E-state index in [1.165, 1.54) is 0 Å². The van der Waals surface area contributed by atoms with Crippen LogP contribution in [0.4, 0.5) is 4.79 Å². The van der Waals surface area contributed by atoms with Gasteiger partial charge in [-0.05, 0) is 66.2 Å². The summed E-state index contributed by atoms with van der Waals surface area (Å²) < 4.78 is 10.6. The van der Waals surface area contributed by atoms with Crippen molar-refractivity contribution in [1.29, 1.82) is 0 Å². The highest BCUT2D eigenvalue weighted by atomic mass is 16.6. The predicted octanol–water partition coefficient (Wildman–Crippen LogP) is 2.83. The first kappa shape index (κ1) is 26.0. The standard InChI is InChI=1S/C25H39N3O6/c1-5-33-22(31)25-16-17(25)12-9-7-6-8-10-13-18(26-23(32)34-24(2,3)4)21(30)28-15-11-14-19(28)20(29)27-25/h9,12,17-19H,5-8,10-11,13-16H2,1-4H3,(H,26,32)(H,27,29)/b12-9-/t17-,18+,19+,25-/m1/s1. The monoisotopic (exact) mass is 477 g/mol. The average molecular weight is 478 g/mol. The van der Waals surface area contributed by atoms with E-state index in [0.717, 1.165) is 25.7 Å². The molecule has 0 unspecified atom stereocenters. The number of carbonyl (C=O) groups excluding carboxylic acids is 4. The van der Waals surface area contributed by atoms with Crippen molar-refractivity contribution < 1.29 is 28.7 Å². The topological polar surface area (TPSA) is 114 Å². The number of hydrogen-bond donors (Lipinski definition) is 2. The van der Waals surface area contributed by atoms with Crippen molar-refractivity contribution in [3.05, 3.63) is 12.2 Å². The lowest BCUT2D eigenvalue weighted by atomic mass is 10.0. The van der Waals surface area contributed by atoms with Crippen molar-refractivity contribution in [3.63, 3.8) is 0 Å². The second-order valence-electron chi connectivity index (χ2n) is 10.4. The number of rotatable bonds is 3.